The zero-order valence-corrected chi connectivity index (χ0v) is 15.6. The smallest absolute Gasteiger partial charge is 0.272 e. The first-order valence-corrected chi connectivity index (χ1v) is 9.97. The van der Waals surface area contributed by atoms with Crippen LogP contribution in [0.15, 0.2) is 24.3 Å². The topological polar surface area (TPSA) is 75.3 Å². The summed E-state index contributed by atoms with van der Waals surface area (Å²) >= 11 is 22.6. The van der Waals surface area contributed by atoms with Gasteiger partial charge in [0, 0.05) is 17.6 Å². The van der Waals surface area contributed by atoms with Gasteiger partial charge in [0.25, 0.3) is 9.70 Å². The number of carbonyl (C=O) groups is 1. The summed E-state index contributed by atoms with van der Waals surface area (Å²) in [6.45, 7) is 0.361. The van der Waals surface area contributed by atoms with Crippen LogP contribution in [0.5, 0.6) is 0 Å². The van der Waals surface area contributed by atoms with Crippen LogP contribution in [0.3, 0.4) is 0 Å². The van der Waals surface area contributed by atoms with Crippen LogP contribution in [0.25, 0.3) is 0 Å². The molecule has 0 spiro atoms. The Morgan fingerprint density at radius 1 is 1.17 bits per heavy atom. The van der Waals surface area contributed by atoms with Crippen LogP contribution >= 0.6 is 46.4 Å². The average molecular weight is 420 g/mol. The number of hydrogen-bond acceptors (Lipinski definition) is 4. The Hall–Kier alpha value is -0.240. The Morgan fingerprint density at radius 3 is 2.39 bits per heavy atom. The lowest BCUT2D eigenvalue weighted by Gasteiger charge is -2.23. The molecule has 5 nitrogen and oxygen atoms in total. The van der Waals surface area contributed by atoms with Gasteiger partial charge in [0.15, 0.2) is 9.84 Å². The minimum atomic E-state index is -3.29. The van der Waals surface area contributed by atoms with Crippen molar-refractivity contribution in [3.63, 3.8) is 0 Å². The predicted molar refractivity (Wildman–Crippen MR) is 93.0 cm³/mol. The van der Waals surface area contributed by atoms with Crippen molar-refractivity contribution in [1.82, 2.24) is 10.6 Å². The van der Waals surface area contributed by atoms with Crippen molar-refractivity contribution in [3.05, 3.63) is 34.9 Å². The standard InChI is InChI=1S/C13H14Cl4N2O3S/c14-9-4-2-1-3-8(9)5-18-10-6-23(21,22)7-11(10)19-12(20)13(15,16)17/h1-4,10-11,18H,5-7H2,(H,19,20)/t10-,11+/m0/s1. The van der Waals surface area contributed by atoms with Gasteiger partial charge in [-0.25, -0.2) is 8.42 Å². The molecule has 1 aliphatic heterocycles. The molecule has 2 N–H and O–H groups in total. The molecule has 0 unspecified atom stereocenters. The van der Waals surface area contributed by atoms with Crippen molar-refractivity contribution in [2.24, 2.45) is 0 Å². The maximum absolute atomic E-state index is 11.8. The second-order valence-electron chi connectivity index (χ2n) is 5.23. The summed E-state index contributed by atoms with van der Waals surface area (Å²) in [6, 6.07) is 6.03. The van der Waals surface area contributed by atoms with Crippen molar-refractivity contribution in [3.8, 4) is 0 Å². The Kier molecular flexibility index (Phi) is 6.09. The van der Waals surface area contributed by atoms with Crippen LogP contribution < -0.4 is 10.6 Å². The molecule has 1 aliphatic rings. The highest BCUT2D eigenvalue weighted by Gasteiger charge is 2.41. The van der Waals surface area contributed by atoms with E-state index in [9.17, 15) is 13.2 Å². The first-order chi connectivity index (χ1) is 10.6. The molecule has 1 heterocycles. The summed E-state index contributed by atoms with van der Waals surface area (Å²) in [5, 5.41) is 6.13. The normalized spacial score (nSPS) is 23.7. The number of hydrogen-bond donors (Lipinski definition) is 2. The zero-order chi connectivity index (χ0) is 17.3. The molecule has 1 amide bonds. The summed E-state index contributed by atoms with van der Waals surface area (Å²) in [6.07, 6.45) is 0. The van der Waals surface area contributed by atoms with E-state index in [1.807, 2.05) is 12.1 Å². The molecule has 0 bridgehead atoms. The van der Waals surface area contributed by atoms with Crippen LogP contribution in [0.1, 0.15) is 5.56 Å². The second kappa shape index (κ2) is 7.33. The molecule has 1 aromatic carbocycles. The minimum Gasteiger partial charge on any atom is -0.347 e. The highest BCUT2D eigenvalue weighted by Crippen LogP contribution is 2.27. The Labute approximate surface area is 154 Å². The van der Waals surface area contributed by atoms with Crippen molar-refractivity contribution >= 4 is 62.1 Å². The zero-order valence-electron chi connectivity index (χ0n) is 11.7. The highest BCUT2D eigenvalue weighted by atomic mass is 35.6. The van der Waals surface area contributed by atoms with Crippen molar-refractivity contribution in [2.75, 3.05) is 11.5 Å². The molecule has 1 saturated heterocycles. The molecule has 2 atom stereocenters. The van der Waals surface area contributed by atoms with Crippen molar-refractivity contribution in [1.29, 1.82) is 0 Å². The van der Waals surface area contributed by atoms with Gasteiger partial charge in [0.1, 0.15) is 0 Å². The van der Waals surface area contributed by atoms with Crippen molar-refractivity contribution in [2.45, 2.75) is 22.4 Å². The van der Waals surface area contributed by atoms with E-state index >= 15 is 0 Å². The van der Waals surface area contributed by atoms with E-state index in [4.69, 9.17) is 46.4 Å². The number of amides is 1. The van der Waals surface area contributed by atoms with Crippen LogP contribution in [0.2, 0.25) is 5.02 Å². The third-order valence-corrected chi connectivity index (χ3v) is 6.06. The van der Waals surface area contributed by atoms with E-state index in [1.54, 1.807) is 12.1 Å². The van der Waals surface area contributed by atoms with Gasteiger partial charge in [0.2, 0.25) is 0 Å². The summed E-state index contributed by atoms with van der Waals surface area (Å²) in [5.41, 5.74) is 0.824. The van der Waals surface area contributed by atoms with Crippen LogP contribution in [-0.4, -0.2) is 41.7 Å². The second-order valence-corrected chi connectivity index (χ2v) is 10.1. The number of benzene rings is 1. The first-order valence-electron chi connectivity index (χ1n) is 6.63. The van der Waals surface area contributed by atoms with Gasteiger partial charge in [-0.1, -0.05) is 64.6 Å². The van der Waals surface area contributed by atoms with Gasteiger partial charge in [0.05, 0.1) is 17.5 Å². The summed E-state index contributed by atoms with van der Waals surface area (Å²) < 4.78 is 21.5. The van der Waals surface area contributed by atoms with E-state index in [0.29, 0.717) is 11.6 Å². The van der Waals surface area contributed by atoms with Crippen LogP contribution in [-0.2, 0) is 21.2 Å². The lowest BCUT2D eigenvalue weighted by Crippen LogP contribution is -2.51. The first kappa shape index (κ1) is 19.1. The molecule has 1 aromatic rings. The van der Waals surface area contributed by atoms with E-state index in [-0.39, 0.29) is 11.5 Å². The van der Waals surface area contributed by atoms with E-state index < -0.39 is 31.6 Å². The molecule has 128 valence electrons. The Balaban J connectivity index is 2.06. The quantitative estimate of drug-likeness (QED) is 0.732. The fourth-order valence-electron chi connectivity index (χ4n) is 2.32. The van der Waals surface area contributed by atoms with Gasteiger partial charge in [-0.2, -0.15) is 0 Å². The fourth-order valence-corrected chi connectivity index (χ4v) is 4.59. The fraction of sp³-hybridized carbons (Fsp3) is 0.462. The summed E-state index contributed by atoms with van der Waals surface area (Å²) in [7, 11) is -3.29. The molecule has 0 aliphatic carbocycles. The number of halogens is 4. The van der Waals surface area contributed by atoms with Crippen molar-refractivity contribution < 1.29 is 13.2 Å². The van der Waals surface area contributed by atoms with Gasteiger partial charge < -0.3 is 10.6 Å². The Morgan fingerprint density at radius 2 is 1.78 bits per heavy atom. The molecule has 0 saturated carbocycles. The maximum Gasteiger partial charge on any atom is 0.272 e. The molecule has 1 fully saturated rings. The predicted octanol–water partition coefficient (Wildman–Crippen LogP) is 2.08. The van der Waals surface area contributed by atoms with Gasteiger partial charge >= 0.3 is 0 Å². The molecule has 10 heteroatoms. The third kappa shape index (κ3) is 5.37. The molecule has 0 radical (unpaired) electrons. The van der Waals surface area contributed by atoms with Crippen LogP contribution in [0.4, 0.5) is 0 Å². The summed E-state index contributed by atoms with van der Waals surface area (Å²) in [5.74, 6) is -1.17. The lowest BCUT2D eigenvalue weighted by atomic mass is 10.1. The molecule has 23 heavy (non-hydrogen) atoms. The van der Waals surface area contributed by atoms with E-state index in [2.05, 4.69) is 10.6 Å². The highest BCUT2D eigenvalue weighted by molar-refractivity contribution is 7.91. The summed E-state index contributed by atoms with van der Waals surface area (Å²) in [4.78, 5) is 11.8. The van der Waals surface area contributed by atoms with Gasteiger partial charge in [-0.3, -0.25) is 4.79 Å². The number of rotatable bonds is 4. The lowest BCUT2D eigenvalue weighted by molar-refractivity contribution is -0.120. The molecule has 0 aromatic heterocycles. The third-order valence-electron chi connectivity index (χ3n) is 3.44. The number of sulfone groups is 1. The van der Waals surface area contributed by atoms with E-state index in [0.717, 1.165) is 5.56 Å². The number of nitrogens with one attached hydrogen (secondary N) is 2. The van der Waals surface area contributed by atoms with Gasteiger partial charge in [-0.05, 0) is 11.6 Å². The maximum atomic E-state index is 11.8. The molecular weight excluding hydrogens is 406 g/mol. The number of alkyl halides is 3. The molecular formula is C13H14Cl4N2O3S. The average Bonchev–Trinajstić information content (AvgIpc) is 2.71. The molecule has 2 rings (SSSR count). The monoisotopic (exact) mass is 418 g/mol. The van der Waals surface area contributed by atoms with Gasteiger partial charge in [-0.15, -0.1) is 0 Å². The minimum absolute atomic E-state index is 0.109. The Bertz CT molecular complexity index is 691. The number of carbonyl (C=O) groups excluding carboxylic acids is 1. The van der Waals surface area contributed by atoms with E-state index in [1.165, 1.54) is 0 Å². The van der Waals surface area contributed by atoms with Crippen LogP contribution in [0, 0.1) is 0 Å². The largest absolute Gasteiger partial charge is 0.347 e. The SMILES string of the molecule is O=C(N[C@@H]1CS(=O)(=O)C[C@@H]1NCc1ccccc1Cl)C(Cl)(Cl)Cl.